The van der Waals surface area contributed by atoms with Gasteiger partial charge in [0.15, 0.2) is 0 Å². The average molecular weight is 392 g/mol. The Balaban J connectivity index is 1.60. The maximum absolute atomic E-state index is 6.32. The number of hydrazone groups is 1. The van der Waals surface area contributed by atoms with Gasteiger partial charge < -0.3 is 9.47 Å². The van der Waals surface area contributed by atoms with Gasteiger partial charge in [-0.25, -0.2) is 5.01 Å². The smallest absolute Gasteiger partial charge is 0.213 e. The second kappa shape index (κ2) is 6.84. The summed E-state index contributed by atoms with van der Waals surface area (Å²) in [4.78, 5) is 4.12. The average Bonchev–Trinajstić information content (AvgIpc) is 3.20. The molecule has 0 fully saturated rings. The molecule has 0 spiro atoms. The molecule has 0 N–H and O–H groups in total. The molecule has 140 valence electrons. The van der Waals surface area contributed by atoms with Crippen molar-refractivity contribution in [1.29, 1.82) is 0 Å². The van der Waals surface area contributed by atoms with Crippen LogP contribution in [0.15, 0.2) is 72.1 Å². The van der Waals surface area contributed by atoms with E-state index >= 15 is 0 Å². The lowest BCUT2D eigenvalue weighted by molar-refractivity contribution is -0.0190. The number of benzene rings is 2. The first kappa shape index (κ1) is 17.1. The molecule has 2 aliphatic rings. The van der Waals surface area contributed by atoms with E-state index in [0.717, 1.165) is 40.3 Å². The number of methoxy groups -OCH3 is 1. The Hall–Kier alpha value is -3.05. The molecular formula is C22H18ClN3O2. The minimum Gasteiger partial charge on any atom is -0.497 e. The number of hydrogen-bond donors (Lipinski definition) is 0. The topological polar surface area (TPSA) is 47.0 Å². The molecule has 1 aromatic heterocycles. The molecule has 2 unspecified atom stereocenters. The first-order chi connectivity index (χ1) is 13.7. The summed E-state index contributed by atoms with van der Waals surface area (Å²) in [6.07, 6.45) is 4.00. The monoisotopic (exact) mass is 391 g/mol. The van der Waals surface area contributed by atoms with Gasteiger partial charge in [-0.3, -0.25) is 4.98 Å². The Morgan fingerprint density at radius 1 is 1.11 bits per heavy atom. The van der Waals surface area contributed by atoms with Crippen LogP contribution in [0.4, 0.5) is 0 Å². The van der Waals surface area contributed by atoms with Crippen LogP contribution in [0, 0.1) is 0 Å². The van der Waals surface area contributed by atoms with E-state index < -0.39 is 0 Å². The normalized spacial score (nSPS) is 20.1. The van der Waals surface area contributed by atoms with Crippen molar-refractivity contribution >= 4 is 17.3 Å². The van der Waals surface area contributed by atoms with Crippen LogP contribution >= 0.6 is 11.6 Å². The summed E-state index contributed by atoms with van der Waals surface area (Å²) in [5.74, 6) is 1.66. The number of nitrogens with zero attached hydrogens (tertiary/aromatic N) is 3. The predicted molar refractivity (Wildman–Crippen MR) is 108 cm³/mol. The van der Waals surface area contributed by atoms with Crippen LogP contribution in [0.1, 0.15) is 35.4 Å². The van der Waals surface area contributed by atoms with Crippen molar-refractivity contribution < 1.29 is 9.47 Å². The van der Waals surface area contributed by atoms with Gasteiger partial charge in [0.2, 0.25) is 6.23 Å². The Kier molecular flexibility index (Phi) is 4.17. The summed E-state index contributed by atoms with van der Waals surface area (Å²) in [5, 5.41) is 7.67. The first-order valence-corrected chi connectivity index (χ1v) is 9.47. The van der Waals surface area contributed by atoms with Crippen LogP contribution in [0.25, 0.3) is 0 Å². The quantitative estimate of drug-likeness (QED) is 0.631. The van der Waals surface area contributed by atoms with Crippen molar-refractivity contribution in [2.45, 2.75) is 18.7 Å². The van der Waals surface area contributed by atoms with Crippen LogP contribution in [0.2, 0.25) is 5.02 Å². The van der Waals surface area contributed by atoms with Gasteiger partial charge in [-0.2, -0.15) is 5.10 Å². The third-order valence-corrected chi connectivity index (χ3v) is 5.38. The molecule has 28 heavy (non-hydrogen) atoms. The fraction of sp³-hybridized carbons (Fsp3) is 0.182. The first-order valence-electron chi connectivity index (χ1n) is 9.09. The lowest BCUT2D eigenvalue weighted by Gasteiger charge is -2.38. The molecule has 0 bridgehead atoms. The number of halogens is 1. The highest BCUT2D eigenvalue weighted by Crippen LogP contribution is 2.48. The zero-order valence-electron chi connectivity index (χ0n) is 15.2. The van der Waals surface area contributed by atoms with E-state index in [4.69, 9.17) is 26.2 Å². The number of aromatic nitrogens is 1. The van der Waals surface area contributed by atoms with Gasteiger partial charge >= 0.3 is 0 Å². The van der Waals surface area contributed by atoms with E-state index in [1.165, 1.54) is 0 Å². The highest BCUT2D eigenvalue weighted by atomic mass is 35.5. The molecule has 0 radical (unpaired) electrons. The van der Waals surface area contributed by atoms with Crippen molar-refractivity contribution in [1.82, 2.24) is 9.99 Å². The van der Waals surface area contributed by atoms with E-state index in [9.17, 15) is 0 Å². The summed E-state index contributed by atoms with van der Waals surface area (Å²) in [7, 11) is 1.67. The van der Waals surface area contributed by atoms with E-state index in [1.54, 1.807) is 19.5 Å². The van der Waals surface area contributed by atoms with Crippen LogP contribution in [-0.2, 0) is 0 Å². The zero-order valence-corrected chi connectivity index (χ0v) is 16.0. The lowest BCUT2D eigenvalue weighted by Crippen LogP contribution is -2.33. The third kappa shape index (κ3) is 2.88. The van der Waals surface area contributed by atoms with Gasteiger partial charge in [0.1, 0.15) is 11.5 Å². The Morgan fingerprint density at radius 3 is 2.79 bits per heavy atom. The van der Waals surface area contributed by atoms with Crippen molar-refractivity contribution in [2.24, 2.45) is 5.10 Å². The van der Waals surface area contributed by atoms with E-state index in [1.807, 2.05) is 53.5 Å². The van der Waals surface area contributed by atoms with Gasteiger partial charge in [0.05, 0.1) is 18.9 Å². The van der Waals surface area contributed by atoms with Crippen molar-refractivity contribution in [3.05, 3.63) is 88.7 Å². The fourth-order valence-electron chi connectivity index (χ4n) is 3.78. The van der Waals surface area contributed by atoms with E-state index in [-0.39, 0.29) is 12.3 Å². The van der Waals surface area contributed by atoms with Crippen molar-refractivity contribution in [3.63, 3.8) is 0 Å². The molecule has 0 saturated heterocycles. The van der Waals surface area contributed by atoms with Gasteiger partial charge in [0, 0.05) is 40.5 Å². The number of rotatable bonds is 3. The molecule has 3 aromatic rings. The van der Waals surface area contributed by atoms with Crippen LogP contribution in [0.5, 0.6) is 11.5 Å². The molecule has 0 saturated carbocycles. The molecule has 0 amide bonds. The largest absolute Gasteiger partial charge is 0.497 e. The number of ether oxygens (including phenoxy) is 2. The summed E-state index contributed by atoms with van der Waals surface area (Å²) < 4.78 is 11.7. The minimum atomic E-state index is -0.315. The molecule has 2 atom stereocenters. The second-order valence-corrected chi connectivity index (χ2v) is 7.25. The lowest BCUT2D eigenvalue weighted by atomic mass is 9.96. The van der Waals surface area contributed by atoms with E-state index in [2.05, 4.69) is 11.1 Å². The minimum absolute atomic E-state index is 0.0572. The van der Waals surface area contributed by atoms with Crippen LogP contribution in [0.3, 0.4) is 0 Å². The third-order valence-electron chi connectivity index (χ3n) is 5.15. The molecule has 0 aliphatic carbocycles. The highest BCUT2D eigenvalue weighted by Gasteiger charge is 2.41. The highest BCUT2D eigenvalue weighted by molar-refractivity contribution is 6.30. The maximum atomic E-state index is 6.32. The maximum Gasteiger partial charge on any atom is 0.213 e. The summed E-state index contributed by atoms with van der Waals surface area (Å²) >= 11 is 6.28. The van der Waals surface area contributed by atoms with Crippen molar-refractivity contribution in [3.8, 4) is 11.5 Å². The Labute approximate surface area is 168 Å². The molecule has 5 nitrogen and oxygen atoms in total. The zero-order chi connectivity index (χ0) is 19.1. The van der Waals surface area contributed by atoms with Crippen molar-refractivity contribution in [2.75, 3.05) is 7.11 Å². The second-order valence-electron chi connectivity index (χ2n) is 6.81. The predicted octanol–water partition coefficient (Wildman–Crippen LogP) is 4.99. The molecule has 6 heteroatoms. The van der Waals surface area contributed by atoms with Gasteiger partial charge in [-0.1, -0.05) is 23.7 Å². The summed E-state index contributed by atoms with van der Waals surface area (Å²) in [6.45, 7) is 0. The number of pyridine rings is 1. The fourth-order valence-corrected chi connectivity index (χ4v) is 3.96. The van der Waals surface area contributed by atoms with Crippen LogP contribution < -0.4 is 9.47 Å². The summed E-state index contributed by atoms with van der Waals surface area (Å²) in [6, 6.07) is 17.7. The molecule has 3 heterocycles. The van der Waals surface area contributed by atoms with Crippen LogP contribution in [-0.4, -0.2) is 22.8 Å². The molecule has 5 rings (SSSR count). The molecule has 2 aromatic carbocycles. The SMILES string of the molecule is COc1cccc(C2=NN3C(C2)c2cc(Cl)ccc2OC3c2ccncc2)c1. The standard InChI is InChI=1S/C22H18ClN3O2/c1-27-17-4-2-3-15(11-17)19-13-20-18-12-16(23)5-6-21(18)28-22(26(20)25-19)14-7-9-24-10-8-14/h2-12,20,22H,13H2,1H3. The number of fused-ring (bicyclic) bond motifs is 3. The summed E-state index contributed by atoms with van der Waals surface area (Å²) in [5.41, 5.74) is 4.11. The van der Waals surface area contributed by atoms with Gasteiger partial charge in [0.25, 0.3) is 0 Å². The van der Waals surface area contributed by atoms with Gasteiger partial charge in [-0.15, -0.1) is 0 Å². The van der Waals surface area contributed by atoms with Gasteiger partial charge in [-0.05, 0) is 42.5 Å². The Morgan fingerprint density at radius 2 is 1.96 bits per heavy atom. The molecular weight excluding hydrogens is 374 g/mol. The van der Waals surface area contributed by atoms with E-state index in [0.29, 0.717) is 5.02 Å². The Bertz CT molecular complexity index is 1050. The number of hydrogen-bond acceptors (Lipinski definition) is 5. The molecule has 2 aliphatic heterocycles.